The van der Waals surface area contributed by atoms with Gasteiger partial charge in [0.25, 0.3) is 0 Å². The standard InChI is InChI=1S/C13H16FN3/c1-4-9-12(16-17(3)13(9)15)10-6-5-8(2)7-11(10)14/h5-7H,4,15H2,1-3H3. The fourth-order valence-electron chi connectivity index (χ4n) is 1.96. The van der Waals surface area contributed by atoms with Crippen molar-refractivity contribution >= 4 is 5.82 Å². The topological polar surface area (TPSA) is 43.8 Å². The van der Waals surface area contributed by atoms with E-state index >= 15 is 0 Å². The predicted molar refractivity (Wildman–Crippen MR) is 67.1 cm³/mol. The van der Waals surface area contributed by atoms with Gasteiger partial charge < -0.3 is 5.73 Å². The number of nitrogens with two attached hydrogens (primary N) is 1. The molecule has 4 heteroatoms. The van der Waals surface area contributed by atoms with E-state index in [0.717, 1.165) is 17.5 Å². The highest BCUT2D eigenvalue weighted by molar-refractivity contribution is 5.69. The smallest absolute Gasteiger partial charge is 0.132 e. The minimum atomic E-state index is -0.252. The minimum absolute atomic E-state index is 0.252. The average molecular weight is 233 g/mol. The van der Waals surface area contributed by atoms with Crippen LogP contribution in [0.3, 0.4) is 0 Å². The van der Waals surface area contributed by atoms with Crippen LogP contribution < -0.4 is 5.73 Å². The van der Waals surface area contributed by atoms with E-state index in [-0.39, 0.29) is 5.82 Å². The zero-order chi connectivity index (χ0) is 12.6. The van der Waals surface area contributed by atoms with Crippen LogP contribution in [0.25, 0.3) is 11.3 Å². The van der Waals surface area contributed by atoms with E-state index < -0.39 is 0 Å². The van der Waals surface area contributed by atoms with E-state index in [4.69, 9.17) is 5.73 Å². The van der Waals surface area contributed by atoms with Crippen molar-refractivity contribution < 1.29 is 4.39 Å². The average Bonchev–Trinajstić information content (AvgIpc) is 2.55. The summed E-state index contributed by atoms with van der Waals surface area (Å²) in [6.45, 7) is 3.85. The summed E-state index contributed by atoms with van der Waals surface area (Å²) in [5, 5.41) is 4.29. The van der Waals surface area contributed by atoms with Gasteiger partial charge in [-0.1, -0.05) is 13.0 Å². The summed E-state index contributed by atoms with van der Waals surface area (Å²) in [5.74, 6) is 0.347. The van der Waals surface area contributed by atoms with Gasteiger partial charge in [0.15, 0.2) is 0 Å². The molecule has 3 nitrogen and oxygen atoms in total. The summed E-state index contributed by atoms with van der Waals surface area (Å²) in [7, 11) is 1.77. The summed E-state index contributed by atoms with van der Waals surface area (Å²) >= 11 is 0. The Kier molecular flexibility index (Phi) is 2.88. The Morgan fingerprint density at radius 3 is 2.71 bits per heavy atom. The summed E-state index contributed by atoms with van der Waals surface area (Å²) in [4.78, 5) is 0. The second-order valence-corrected chi connectivity index (χ2v) is 4.17. The molecule has 0 saturated carbocycles. The third kappa shape index (κ3) is 1.90. The van der Waals surface area contributed by atoms with Crippen molar-refractivity contribution in [3.63, 3.8) is 0 Å². The summed E-state index contributed by atoms with van der Waals surface area (Å²) in [6, 6.07) is 5.15. The first-order chi connectivity index (χ1) is 8.04. The van der Waals surface area contributed by atoms with Gasteiger partial charge in [0.05, 0.1) is 0 Å². The van der Waals surface area contributed by atoms with Crippen molar-refractivity contribution in [2.75, 3.05) is 5.73 Å². The molecule has 0 amide bonds. The number of benzene rings is 1. The number of rotatable bonds is 2. The molecule has 0 radical (unpaired) electrons. The molecular formula is C13H16FN3. The molecule has 0 atom stereocenters. The van der Waals surface area contributed by atoms with Crippen LogP contribution in [0.15, 0.2) is 18.2 Å². The van der Waals surface area contributed by atoms with Gasteiger partial charge in [0.2, 0.25) is 0 Å². The van der Waals surface area contributed by atoms with Gasteiger partial charge >= 0.3 is 0 Å². The lowest BCUT2D eigenvalue weighted by Crippen LogP contribution is -1.98. The minimum Gasteiger partial charge on any atom is -0.384 e. The molecule has 0 spiro atoms. The van der Waals surface area contributed by atoms with Gasteiger partial charge in [0.1, 0.15) is 17.3 Å². The maximum absolute atomic E-state index is 13.9. The van der Waals surface area contributed by atoms with Gasteiger partial charge in [0, 0.05) is 18.2 Å². The van der Waals surface area contributed by atoms with Crippen LogP contribution in [-0.4, -0.2) is 9.78 Å². The molecule has 0 aliphatic heterocycles. The normalized spacial score (nSPS) is 10.8. The van der Waals surface area contributed by atoms with Crippen LogP contribution in [0.1, 0.15) is 18.1 Å². The number of hydrogen-bond donors (Lipinski definition) is 1. The Labute approximate surface area is 100 Å². The van der Waals surface area contributed by atoms with Gasteiger partial charge in [-0.3, -0.25) is 4.68 Å². The molecule has 0 saturated heterocycles. The van der Waals surface area contributed by atoms with Crippen molar-refractivity contribution in [2.45, 2.75) is 20.3 Å². The van der Waals surface area contributed by atoms with Gasteiger partial charge in [-0.25, -0.2) is 4.39 Å². The molecule has 0 aliphatic rings. The van der Waals surface area contributed by atoms with Crippen LogP contribution in [0.2, 0.25) is 0 Å². The highest BCUT2D eigenvalue weighted by atomic mass is 19.1. The predicted octanol–water partition coefficient (Wildman–Crippen LogP) is 2.68. The third-order valence-corrected chi connectivity index (χ3v) is 2.93. The van der Waals surface area contributed by atoms with E-state index in [1.165, 1.54) is 6.07 Å². The first kappa shape index (κ1) is 11.6. The molecule has 1 aromatic carbocycles. The van der Waals surface area contributed by atoms with Gasteiger partial charge in [-0.2, -0.15) is 5.10 Å². The molecule has 1 heterocycles. The van der Waals surface area contributed by atoms with Gasteiger partial charge in [-0.05, 0) is 31.0 Å². The lowest BCUT2D eigenvalue weighted by Gasteiger charge is -2.03. The van der Waals surface area contributed by atoms with E-state index in [1.54, 1.807) is 17.8 Å². The SMILES string of the molecule is CCc1c(-c2ccc(C)cc2F)nn(C)c1N. The maximum atomic E-state index is 13.9. The second kappa shape index (κ2) is 4.20. The highest BCUT2D eigenvalue weighted by Gasteiger charge is 2.16. The summed E-state index contributed by atoms with van der Waals surface area (Å²) in [5.41, 5.74) is 8.86. The van der Waals surface area contributed by atoms with E-state index in [1.807, 2.05) is 19.9 Å². The van der Waals surface area contributed by atoms with Crippen LogP contribution >= 0.6 is 0 Å². The quantitative estimate of drug-likeness (QED) is 0.866. The molecular weight excluding hydrogens is 217 g/mol. The number of anilines is 1. The lowest BCUT2D eigenvalue weighted by atomic mass is 10.0. The Bertz CT molecular complexity index is 558. The third-order valence-electron chi connectivity index (χ3n) is 2.93. The fourth-order valence-corrected chi connectivity index (χ4v) is 1.96. The Morgan fingerprint density at radius 2 is 2.12 bits per heavy atom. The maximum Gasteiger partial charge on any atom is 0.132 e. The second-order valence-electron chi connectivity index (χ2n) is 4.17. The Balaban J connectivity index is 2.64. The van der Waals surface area contributed by atoms with E-state index in [2.05, 4.69) is 5.10 Å². The zero-order valence-corrected chi connectivity index (χ0v) is 10.3. The molecule has 1 aromatic heterocycles. The van der Waals surface area contributed by atoms with Crippen LogP contribution in [0, 0.1) is 12.7 Å². The van der Waals surface area contributed by atoms with Crippen molar-refractivity contribution in [1.82, 2.24) is 9.78 Å². The van der Waals surface area contributed by atoms with Gasteiger partial charge in [-0.15, -0.1) is 0 Å². The monoisotopic (exact) mass is 233 g/mol. The molecule has 0 unspecified atom stereocenters. The van der Waals surface area contributed by atoms with Crippen molar-refractivity contribution in [1.29, 1.82) is 0 Å². The van der Waals surface area contributed by atoms with Crippen molar-refractivity contribution in [3.8, 4) is 11.3 Å². The Morgan fingerprint density at radius 1 is 1.41 bits per heavy atom. The first-order valence-corrected chi connectivity index (χ1v) is 5.62. The van der Waals surface area contributed by atoms with Crippen molar-refractivity contribution in [3.05, 3.63) is 35.1 Å². The Hall–Kier alpha value is -1.84. The van der Waals surface area contributed by atoms with E-state index in [0.29, 0.717) is 17.1 Å². The summed E-state index contributed by atoms with van der Waals surface area (Å²) in [6.07, 6.45) is 0.738. The molecule has 17 heavy (non-hydrogen) atoms. The molecule has 2 rings (SSSR count). The van der Waals surface area contributed by atoms with Crippen LogP contribution in [0.5, 0.6) is 0 Å². The fraction of sp³-hybridized carbons (Fsp3) is 0.308. The summed E-state index contributed by atoms with van der Waals surface area (Å²) < 4.78 is 15.5. The van der Waals surface area contributed by atoms with Crippen molar-refractivity contribution in [2.24, 2.45) is 7.05 Å². The number of aromatic nitrogens is 2. The zero-order valence-electron chi connectivity index (χ0n) is 10.3. The lowest BCUT2D eigenvalue weighted by molar-refractivity contribution is 0.628. The first-order valence-electron chi connectivity index (χ1n) is 5.62. The molecule has 90 valence electrons. The van der Waals surface area contributed by atoms with E-state index in [9.17, 15) is 4.39 Å². The number of nitrogens with zero attached hydrogens (tertiary/aromatic N) is 2. The molecule has 2 aromatic rings. The number of aryl methyl sites for hydroxylation is 2. The molecule has 0 fully saturated rings. The largest absolute Gasteiger partial charge is 0.384 e. The number of halogens is 1. The number of hydrogen-bond acceptors (Lipinski definition) is 2. The highest BCUT2D eigenvalue weighted by Crippen LogP contribution is 2.29. The van der Waals surface area contributed by atoms with Crippen LogP contribution in [-0.2, 0) is 13.5 Å². The molecule has 2 N–H and O–H groups in total. The molecule has 0 bridgehead atoms. The number of nitrogen functional groups attached to an aromatic ring is 1. The van der Waals surface area contributed by atoms with Crippen LogP contribution in [0.4, 0.5) is 10.2 Å². The molecule has 0 aliphatic carbocycles.